The molecule has 0 aliphatic heterocycles. The molecule has 1 heterocycles. The standard InChI is InChI=1S/C25H38N4/c1-7-9-14-28-17-18(3)23-13-10-21(15-25(23)28)19(4)29(22-11-12-22)20(5)24(26-6)16-27-8-2/h7,10,13,15,17,19,22,24,26-27H,1,5,8-9,11-12,14,16H2,2-4,6H3. The van der Waals surface area contributed by atoms with Gasteiger partial charge in [0.15, 0.2) is 0 Å². The van der Waals surface area contributed by atoms with E-state index < -0.39 is 0 Å². The van der Waals surface area contributed by atoms with Gasteiger partial charge in [-0.3, -0.25) is 0 Å². The van der Waals surface area contributed by atoms with Crippen molar-refractivity contribution in [2.45, 2.75) is 64.7 Å². The number of likely N-dealkylation sites (N-methyl/N-ethyl adjacent to an activating group) is 2. The van der Waals surface area contributed by atoms with Crippen LogP contribution in [0.15, 0.2) is 49.3 Å². The minimum absolute atomic E-state index is 0.250. The van der Waals surface area contributed by atoms with Gasteiger partial charge in [-0.15, -0.1) is 6.58 Å². The Labute approximate surface area is 176 Å². The predicted octanol–water partition coefficient (Wildman–Crippen LogP) is 4.76. The number of nitrogens with zero attached hydrogens (tertiary/aromatic N) is 2. The van der Waals surface area contributed by atoms with Crippen LogP contribution in [0.4, 0.5) is 0 Å². The zero-order valence-corrected chi connectivity index (χ0v) is 18.7. The first-order valence-corrected chi connectivity index (χ1v) is 11.1. The third kappa shape index (κ3) is 4.76. The Hall–Kier alpha value is -2.04. The molecule has 2 unspecified atom stereocenters. The van der Waals surface area contributed by atoms with Crippen LogP contribution in [0.5, 0.6) is 0 Å². The van der Waals surface area contributed by atoms with Gasteiger partial charge >= 0.3 is 0 Å². The molecule has 0 bridgehead atoms. The number of hydrogen-bond acceptors (Lipinski definition) is 3. The van der Waals surface area contributed by atoms with Gasteiger partial charge in [-0.25, -0.2) is 0 Å². The highest BCUT2D eigenvalue weighted by atomic mass is 15.2. The van der Waals surface area contributed by atoms with Crippen molar-refractivity contribution >= 4 is 10.9 Å². The molecule has 158 valence electrons. The van der Waals surface area contributed by atoms with E-state index in [1.165, 1.54) is 40.6 Å². The maximum absolute atomic E-state index is 4.52. The zero-order chi connectivity index (χ0) is 21.0. The van der Waals surface area contributed by atoms with Gasteiger partial charge in [-0.1, -0.05) is 31.7 Å². The summed E-state index contributed by atoms with van der Waals surface area (Å²) in [5.74, 6) is 0. The van der Waals surface area contributed by atoms with Gasteiger partial charge in [0.2, 0.25) is 0 Å². The molecule has 0 amide bonds. The summed E-state index contributed by atoms with van der Waals surface area (Å²) >= 11 is 0. The third-order valence-corrected chi connectivity index (χ3v) is 6.20. The van der Waals surface area contributed by atoms with Gasteiger partial charge in [-0.2, -0.15) is 0 Å². The van der Waals surface area contributed by atoms with Crippen LogP contribution in [0.25, 0.3) is 10.9 Å². The van der Waals surface area contributed by atoms with Crippen LogP contribution >= 0.6 is 0 Å². The minimum Gasteiger partial charge on any atom is -0.364 e. The van der Waals surface area contributed by atoms with Crippen molar-refractivity contribution in [3.05, 3.63) is 60.5 Å². The molecule has 1 fully saturated rings. The van der Waals surface area contributed by atoms with Crippen molar-refractivity contribution < 1.29 is 0 Å². The average Bonchev–Trinajstić information content (AvgIpc) is 3.51. The van der Waals surface area contributed by atoms with Crippen molar-refractivity contribution in [1.29, 1.82) is 0 Å². The third-order valence-electron chi connectivity index (χ3n) is 6.20. The fraction of sp³-hybridized carbons (Fsp3) is 0.520. The molecule has 4 heteroatoms. The molecule has 3 rings (SSSR count). The van der Waals surface area contributed by atoms with Crippen molar-refractivity contribution in [3.8, 4) is 0 Å². The normalized spacial score (nSPS) is 16.0. The van der Waals surface area contributed by atoms with E-state index in [9.17, 15) is 0 Å². The number of hydrogen-bond donors (Lipinski definition) is 2. The monoisotopic (exact) mass is 394 g/mol. The molecule has 1 aromatic heterocycles. The van der Waals surface area contributed by atoms with Gasteiger partial charge in [0.1, 0.15) is 0 Å². The van der Waals surface area contributed by atoms with E-state index >= 15 is 0 Å². The van der Waals surface area contributed by atoms with Crippen LogP contribution in [0.3, 0.4) is 0 Å². The number of nitrogens with one attached hydrogen (secondary N) is 2. The highest BCUT2D eigenvalue weighted by Gasteiger charge is 2.35. The first-order chi connectivity index (χ1) is 14.0. The fourth-order valence-corrected chi connectivity index (χ4v) is 4.34. The minimum atomic E-state index is 0.250. The van der Waals surface area contributed by atoms with E-state index in [2.05, 4.69) is 78.4 Å². The van der Waals surface area contributed by atoms with E-state index in [0.29, 0.717) is 12.1 Å². The molecule has 2 aromatic rings. The van der Waals surface area contributed by atoms with E-state index in [-0.39, 0.29) is 6.04 Å². The Kier molecular flexibility index (Phi) is 7.20. The lowest BCUT2D eigenvalue weighted by molar-refractivity contribution is 0.238. The van der Waals surface area contributed by atoms with E-state index in [1.54, 1.807) is 0 Å². The number of aryl methyl sites for hydroxylation is 2. The van der Waals surface area contributed by atoms with Crippen LogP contribution in [0, 0.1) is 6.92 Å². The molecule has 1 aliphatic carbocycles. The molecular formula is C25H38N4. The second-order valence-corrected chi connectivity index (χ2v) is 8.31. The molecule has 0 spiro atoms. The van der Waals surface area contributed by atoms with Gasteiger partial charge in [0.25, 0.3) is 0 Å². The molecule has 0 radical (unpaired) electrons. The molecule has 0 saturated heterocycles. The van der Waals surface area contributed by atoms with Crippen LogP contribution in [-0.4, -0.2) is 41.7 Å². The maximum Gasteiger partial charge on any atom is 0.0589 e. The van der Waals surface area contributed by atoms with Crippen molar-refractivity contribution in [3.63, 3.8) is 0 Å². The SMILES string of the molecule is C=CCCn1cc(C)c2ccc(C(C)N(C(=C)C(CNCC)NC)C3CC3)cc21. The second-order valence-electron chi connectivity index (χ2n) is 8.31. The quantitative estimate of drug-likeness (QED) is 0.509. The van der Waals surface area contributed by atoms with Crippen molar-refractivity contribution in [1.82, 2.24) is 20.1 Å². The summed E-state index contributed by atoms with van der Waals surface area (Å²) in [6.07, 6.45) is 7.78. The van der Waals surface area contributed by atoms with Crippen molar-refractivity contribution in [2.75, 3.05) is 20.1 Å². The number of benzene rings is 1. The Morgan fingerprint density at radius 2 is 2.14 bits per heavy atom. The first-order valence-electron chi connectivity index (χ1n) is 11.1. The molecular weight excluding hydrogens is 356 g/mol. The molecule has 1 aliphatic rings. The molecule has 1 saturated carbocycles. The van der Waals surface area contributed by atoms with Crippen LogP contribution in [-0.2, 0) is 6.54 Å². The molecule has 1 aromatic carbocycles. The van der Waals surface area contributed by atoms with Crippen LogP contribution < -0.4 is 10.6 Å². The number of fused-ring (bicyclic) bond motifs is 1. The average molecular weight is 395 g/mol. The summed E-state index contributed by atoms with van der Waals surface area (Å²) in [6.45, 7) is 17.9. The summed E-state index contributed by atoms with van der Waals surface area (Å²) in [5.41, 5.74) is 5.23. The highest BCUT2D eigenvalue weighted by molar-refractivity contribution is 5.84. The number of allylic oxidation sites excluding steroid dienone is 1. The Morgan fingerprint density at radius 1 is 1.38 bits per heavy atom. The summed E-state index contributed by atoms with van der Waals surface area (Å²) in [4.78, 5) is 2.56. The second kappa shape index (κ2) is 9.64. The lowest BCUT2D eigenvalue weighted by Gasteiger charge is -2.37. The van der Waals surface area contributed by atoms with E-state index in [4.69, 9.17) is 0 Å². The van der Waals surface area contributed by atoms with Crippen LogP contribution in [0.2, 0.25) is 0 Å². The van der Waals surface area contributed by atoms with Gasteiger partial charge in [0.05, 0.1) is 12.1 Å². The molecule has 29 heavy (non-hydrogen) atoms. The largest absolute Gasteiger partial charge is 0.364 e. The van der Waals surface area contributed by atoms with Crippen molar-refractivity contribution in [2.24, 2.45) is 0 Å². The molecule has 2 N–H and O–H groups in total. The summed E-state index contributed by atoms with van der Waals surface area (Å²) in [6, 6.07) is 8.15. The topological polar surface area (TPSA) is 32.2 Å². The molecule has 2 atom stereocenters. The van der Waals surface area contributed by atoms with E-state index in [0.717, 1.165) is 26.1 Å². The van der Waals surface area contributed by atoms with Gasteiger partial charge in [0, 0.05) is 41.9 Å². The Morgan fingerprint density at radius 3 is 2.76 bits per heavy atom. The lowest BCUT2D eigenvalue weighted by atomic mass is 10.0. The zero-order valence-electron chi connectivity index (χ0n) is 18.7. The number of rotatable bonds is 12. The van der Waals surface area contributed by atoms with Gasteiger partial charge < -0.3 is 20.1 Å². The lowest BCUT2D eigenvalue weighted by Crippen LogP contribution is -2.44. The fourth-order valence-electron chi connectivity index (χ4n) is 4.34. The molecule has 4 nitrogen and oxygen atoms in total. The first kappa shape index (κ1) is 21.7. The Balaban J connectivity index is 1.89. The number of aromatic nitrogens is 1. The predicted molar refractivity (Wildman–Crippen MR) is 125 cm³/mol. The highest BCUT2D eigenvalue weighted by Crippen LogP contribution is 2.38. The summed E-state index contributed by atoms with van der Waals surface area (Å²) in [5, 5.41) is 8.27. The summed E-state index contributed by atoms with van der Waals surface area (Å²) < 4.78 is 2.38. The van der Waals surface area contributed by atoms with E-state index in [1.807, 2.05) is 13.1 Å². The summed E-state index contributed by atoms with van der Waals surface area (Å²) in [7, 11) is 2.03. The van der Waals surface area contributed by atoms with Crippen LogP contribution in [0.1, 0.15) is 50.3 Å². The van der Waals surface area contributed by atoms with Gasteiger partial charge in [-0.05, 0) is 63.9 Å². The Bertz CT molecular complexity index is 846. The maximum atomic E-state index is 4.52. The smallest absolute Gasteiger partial charge is 0.0589 e.